The largest absolute Gasteiger partial charge is 0.453 e. The Balaban J connectivity index is 1.75. The van der Waals surface area contributed by atoms with E-state index in [1.54, 1.807) is 7.11 Å². The molecule has 1 aromatic rings. The number of rotatable bonds is 15. The zero-order valence-electron chi connectivity index (χ0n) is 24.5. The lowest BCUT2D eigenvalue weighted by Gasteiger charge is -2.63. The van der Waals surface area contributed by atoms with Crippen LogP contribution in [0.15, 0.2) is 55.6 Å². The van der Waals surface area contributed by atoms with Gasteiger partial charge in [0.15, 0.2) is 0 Å². The molecule has 0 aromatic heterocycles. The highest BCUT2D eigenvalue weighted by molar-refractivity contribution is 5.78. The fourth-order valence-corrected chi connectivity index (χ4v) is 8.18. The molecule has 0 radical (unpaired) electrons. The van der Waals surface area contributed by atoms with Crippen LogP contribution in [0.3, 0.4) is 0 Å². The maximum absolute atomic E-state index is 14.0. The first-order chi connectivity index (χ1) is 19.5. The molecular formula is C33H48N2O5. The van der Waals surface area contributed by atoms with E-state index in [0.717, 1.165) is 56.9 Å². The number of likely N-dealkylation sites (tertiary alicyclic amines) is 2. The smallest absolute Gasteiger partial charge is 0.410 e. The lowest BCUT2D eigenvalue weighted by Crippen LogP contribution is -2.76. The number of ether oxygens (including phenoxy) is 3. The van der Waals surface area contributed by atoms with Crippen molar-refractivity contribution in [1.29, 1.82) is 0 Å². The fraction of sp³-hybridized carbons (Fsp3) is 0.636. The summed E-state index contributed by atoms with van der Waals surface area (Å²) in [5.41, 5.74) is 0.156. The van der Waals surface area contributed by atoms with Gasteiger partial charge >= 0.3 is 6.09 Å². The third kappa shape index (κ3) is 5.87. The summed E-state index contributed by atoms with van der Waals surface area (Å²) in [6, 6.07) is 10.0. The normalized spacial score (nSPS) is 28.8. The van der Waals surface area contributed by atoms with Crippen LogP contribution in [0.25, 0.3) is 0 Å². The van der Waals surface area contributed by atoms with Crippen LogP contribution in [0.5, 0.6) is 0 Å². The molecule has 7 nitrogen and oxygen atoms in total. The molecular weight excluding hydrogens is 504 g/mol. The summed E-state index contributed by atoms with van der Waals surface area (Å²) in [4.78, 5) is 31.4. The highest BCUT2D eigenvalue weighted by atomic mass is 16.5. The van der Waals surface area contributed by atoms with E-state index in [4.69, 9.17) is 14.2 Å². The minimum atomic E-state index is -0.649. The first-order valence-electron chi connectivity index (χ1n) is 14.9. The SMILES string of the molecule is C=CCCCCC(=O)N1CCC2C3CN(C(=O)OC)C2(COC)C1C(CCCC=C)(COCc1ccccc1)C3. The summed E-state index contributed by atoms with van der Waals surface area (Å²) in [5, 5.41) is 0. The number of hydrogen-bond donors (Lipinski definition) is 0. The Morgan fingerprint density at radius 1 is 1.05 bits per heavy atom. The van der Waals surface area contributed by atoms with Gasteiger partial charge in [0.25, 0.3) is 0 Å². The molecule has 4 rings (SSSR count). The number of unbranched alkanes of at least 4 members (excludes halogenated alkanes) is 3. The Hall–Kier alpha value is -2.64. The first-order valence-corrected chi connectivity index (χ1v) is 14.9. The second kappa shape index (κ2) is 13.8. The van der Waals surface area contributed by atoms with E-state index in [2.05, 4.69) is 30.2 Å². The van der Waals surface area contributed by atoms with Crippen molar-refractivity contribution in [2.45, 2.75) is 76.0 Å². The van der Waals surface area contributed by atoms with Crippen LogP contribution in [0.1, 0.15) is 63.4 Å². The highest BCUT2D eigenvalue weighted by Crippen LogP contribution is 2.62. The summed E-state index contributed by atoms with van der Waals surface area (Å²) in [7, 11) is 3.15. The molecule has 1 aliphatic carbocycles. The molecule has 1 saturated carbocycles. The number of nitrogens with zero attached hydrogens (tertiary/aromatic N) is 2. The summed E-state index contributed by atoms with van der Waals surface area (Å²) in [6.07, 6.45) is 11.2. The molecule has 7 heteroatoms. The van der Waals surface area contributed by atoms with E-state index >= 15 is 0 Å². The lowest BCUT2D eigenvalue weighted by atomic mass is 9.52. The van der Waals surface area contributed by atoms with Crippen molar-refractivity contribution in [1.82, 2.24) is 9.80 Å². The van der Waals surface area contributed by atoms with E-state index in [9.17, 15) is 9.59 Å². The molecule has 220 valence electrons. The van der Waals surface area contributed by atoms with Crippen molar-refractivity contribution in [3.63, 3.8) is 0 Å². The molecule has 1 aromatic carbocycles. The van der Waals surface area contributed by atoms with Gasteiger partial charge in [0.1, 0.15) is 0 Å². The Morgan fingerprint density at radius 3 is 2.50 bits per heavy atom. The minimum absolute atomic E-state index is 0.161. The Morgan fingerprint density at radius 2 is 1.80 bits per heavy atom. The van der Waals surface area contributed by atoms with E-state index in [-0.39, 0.29) is 29.4 Å². The van der Waals surface area contributed by atoms with Gasteiger partial charge in [0, 0.05) is 32.0 Å². The Bertz CT molecular complexity index is 1020. The van der Waals surface area contributed by atoms with Gasteiger partial charge in [-0.2, -0.15) is 0 Å². The van der Waals surface area contributed by atoms with Gasteiger partial charge in [-0.15, -0.1) is 13.2 Å². The number of piperidine rings is 1. The molecule has 2 amide bonds. The van der Waals surface area contributed by atoms with Gasteiger partial charge in [0.2, 0.25) is 5.91 Å². The van der Waals surface area contributed by atoms with Crippen LogP contribution in [0, 0.1) is 17.3 Å². The average molecular weight is 553 g/mol. The third-order valence-corrected chi connectivity index (χ3v) is 9.57. The number of carbonyl (C=O) groups is 2. The lowest BCUT2D eigenvalue weighted by molar-refractivity contribution is -0.181. The molecule has 40 heavy (non-hydrogen) atoms. The topological polar surface area (TPSA) is 68.3 Å². The molecule has 5 atom stereocenters. The van der Waals surface area contributed by atoms with E-state index in [0.29, 0.717) is 45.2 Å². The minimum Gasteiger partial charge on any atom is -0.453 e. The molecule has 2 saturated heterocycles. The van der Waals surface area contributed by atoms with Crippen molar-refractivity contribution in [2.75, 3.05) is 40.5 Å². The molecule has 3 fully saturated rings. The molecule has 5 unspecified atom stereocenters. The quantitative estimate of drug-likeness (QED) is 0.197. The number of amides is 2. The van der Waals surface area contributed by atoms with Crippen molar-refractivity contribution in [2.24, 2.45) is 17.3 Å². The van der Waals surface area contributed by atoms with Crippen LogP contribution in [0.4, 0.5) is 4.79 Å². The van der Waals surface area contributed by atoms with Gasteiger partial charge in [-0.05, 0) is 68.8 Å². The predicted molar refractivity (Wildman–Crippen MR) is 157 cm³/mol. The van der Waals surface area contributed by atoms with Crippen LogP contribution in [-0.4, -0.2) is 73.9 Å². The van der Waals surface area contributed by atoms with Crippen LogP contribution in [0.2, 0.25) is 0 Å². The zero-order valence-corrected chi connectivity index (χ0v) is 24.5. The van der Waals surface area contributed by atoms with E-state index in [1.807, 2.05) is 35.3 Å². The Labute approximate surface area is 240 Å². The number of hydrogen-bond acceptors (Lipinski definition) is 5. The van der Waals surface area contributed by atoms with Gasteiger partial charge in [-0.1, -0.05) is 42.5 Å². The van der Waals surface area contributed by atoms with Gasteiger partial charge in [0.05, 0.1) is 38.5 Å². The van der Waals surface area contributed by atoms with Crippen molar-refractivity contribution in [3.05, 3.63) is 61.2 Å². The average Bonchev–Trinajstić information content (AvgIpc) is 3.20. The van der Waals surface area contributed by atoms with Gasteiger partial charge in [-0.3, -0.25) is 9.69 Å². The number of carbonyl (C=O) groups excluding carboxylic acids is 2. The van der Waals surface area contributed by atoms with Crippen molar-refractivity contribution < 1.29 is 23.8 Å². The van der Waals surface area contributed by atoms with Gasteiger partial charge in [-0.25, -0.2) is 4.79 Å². The summed E-state index contributed by atoms with van der Waals surface area (Å²) < 4.78 is 17.8. The molecule has 0 N–H and O–H groups in total. The Kier molecular flexibility index (Phi) is 10.5. The first kappa shape index (κ1) is 30.3. The summed E-state index contributed by atoms with van der Waals surface area (Å²) in [6.45, 7) is 10.5. The van der Waals surface area contributed by atoms with Gasteiger partial charge < -0.3 is 19.1 Å². The maximum Gasteiger partial charge on any atom is 0.410 e. The number of benzene rings is 1. The molecule has 4 bridgehead atoms. The molecule has 3 aliphatic rings. The number of allylic oxidation sites excluding steroid dienone is 2. The van der Waals surface area contributed by atoms with E-state index < -0.39 is 5.54 Å². The van der Waals surface area contributed by atoms with Crippen molar-refractivity contribution >= 4 is 12.0 Å². The highest BCUT2D eigenvalue weighted by Gasteiger charge is 2.72. The fourth-order valence-electron chi connectivity index (χ4n) is 8.18. The van der Waals surface area contributed by atoms with Crippen LogP contribution >= 0.6 is 0 Å². The van der Waals surface area contributed by atoms with Crippen molar-refractivity contribution in [3.8, 4) is 0 Å². The van der Waals surface area contributed by atoms with E-state index in [1.165, 1.54) is 7.11 Å². The second-order valence-electron chi connectivity index (χ2n) is 11.9. The second-order valence-corrected chi connectivity index (χ2v) is 11.9. The standard InChI is InChI=1S/C33H48N2O5/c1-5-7-9-13-17-29(36)34-20-18-28-27-21-32(19-14-8-6-2,24-40-23-26-15-11-10-12-16-26)30(34)33(28,25-38-3)35(22-27)31(37)39-4/h5-6,10-12,15-16,27-28,30H,1-2,7-9,13-14,17-25H2,3-4H3. The molecule has 2 aliphatic heterocycles. The molecule has 2 heterocycles. The van der Waals surface area contributed by atoms with Crippen LogP contribution < -0.4 is 0 Å². The summed E-state index contributed by atoms with van der Waals surface area (Å²) >= 11 is 0. The monoisotopic (exact) mass is 552 g/mol. The zero-order chi connectivity index (χ0) is 28.6. The molecule has 0 spiro atoms. The predicted octanol–water partition coefficient (Wildman–Crippen LogP) is 6.00. The maximum atomic E-state index is 14.0. The summed E-state index contributed by atoms with van der Waals surface area (Å²) in [5.74, 6) is 0.719. The van der Waals surface area contributed by atoms with Crippen LogP contribution in [-0.2, 0) is 25.6 Å². The third-order valence-electron chi connectivity index (χ3n) is 9.57. The number of methoxy groups -OCH3 is 2.